The van der Waals surface area contributed by atoms with Crippen LogP contribution in [0.2, 0.25) is 0 Å². The van der Waals surface area contributed by atoms with Crippen molar-refractivity contribution >= 4 is 34.0 Å². The quantitative estimate of drug-likeness (QED) is 0.350. The summed E-state index contributed by atoms with van der Waals surface area (Å²) < 4.78 is 5.78. The van der Waals surface area contributed by atoms with Crippen molar-refractivity contribution in [1.82, 2.24) is 9.78 Å². The molecule has 3 aromatic rings. The van der Waals surface area contributed by atoms with Crippen molar-refractivity contribution in [3.05, 3.63) is 79.4 Å². The van der Waals surface area contributed by atoms with E-state index in [-0.39, 0.29) is 22.1 Å². The van der Waals surface area contributed by atoms with E-state index in [1.165, 1.54) is 43.3 Å². The fraction of sp³-hybridized carbons (Fsp3) is 0.158. The molecule has 30 heavy (non-hydrogen) atoms. The lowest BCUT2D eigenvalue weighted by molar-refractivity contribution is -0.383. The summed E-state index contributed by atoms with van der Waals surface area (Å²) >= 11 is 0. The number of benzene rings is 2. The van der Waals surface area contributed by atoms with E-state index in [0.29, 0.717) is 0 Å². The average Bonchev–Trinajstić information content (AvgIpc) is 2.72. The Morgan fingerprint density at radius 2 is 1.77 bits per heavy atom. The van der Waals surface area contributed by atoms with Crippen molar-refractivity contribution in [2.24, 2.45) is 0 Å². The second kappa shape index (κ2) is 8.39. The SMILES string of the molecule is C[C@H](OC(=O)Cn1[nH]c(=O)c2ccccc2c1=O)C(=O)Nc1ccccc1[N+](=O)[O-]. The Kier molecular flexibility index (Phi) is 5.72. The first kappa shape index (κ1) is 20.5. The van der Waals surface area contributed by atoms with Crippen LogP contribution in [0.5, 0.6) is 0 Å². The predicted octanol–water partition coefficient (Wildman–Crippen LogP) is 1.17. The first-order chi connectivity index (χ1) is 14.3. The Balaban J connectivity index is 1.71. The van der Waals surface area contributed by atoms with E-state index >= 15 is 0 Å². The molecule has 1 heterocycles. The molecule has 0 unspecified atom stereocenters. The molecular weight excluding hydrogens is 396 g/mol. The number of nitro groups is 1. The number of H-pyrrole nitrogens is 1. The largest absolute Gasteiger partial charge is 0.451 e. The number of esters is 1. The van der Waals surface area contributed by atoms with Crippen molar-refractivity contribution in [1.29, 1.82) is 0 Å². The standard InChI is InChI=1S/C19H16N4O7/c1-11(17(25)20-14-8-4-5-9-15(14)23(28)29)30-16(24)10-22-19(27)13-7-3-2-6-12(13)18(26)21-22/h2-9,11H,10H2,1H3,(H,20,25)(H,21,26)/t11-/m0/s1. The van der Waals surface area contributed by atoms with Crippen molar-refractivity contribution in [3.63, 3.8) is 0 Å². The first-order valence-electron chi connectivity index (χ1n) is 8.73. The minimum atomic E-state index is -1.31. The van der Waals surface area contributed by atoms with Crippen LogP contribution in [0, 0.1) is 10.1 Å². The molecule has 2 N–H and O–H groups in total. The van der Waals surface area contributed by atoms with Gasteiger partial charge in [0, 0.05) is 6.07 Å². The zero-order valence-electron chi connectivity index (χ0n) is 15.7. The fourth-order valence-corrected chi connectivity index (χ4v) is 2.75. The van der Waals surface area contributed by atoms with Gasteiger partial charge in [-0.2, -0.15) is 0 Å². The molecule has 0 saturated carbocycles. The van der Waals surface area contributed by atoms with Gasteiger partial charge in [0.2, 0.25) is 0 Å². The van der Waals surface area contributed by atoms with Crippen molar-refractivity contribution in [2.45, 2.75) is 19.6 Å². The van der Waals surface area contributed by atoms with Crippen molar-refractivity contribution < 1.29 is 19.2 Å². The molecule has 154 valence electrons. The zero-order chi connectivity index (χ0) is 21.8. The van der Waals surface area contributed by atoms with Gasteiger partial charge < -0.3 is 10.1 Å². The molecule has 1 amide bonds. The van der Waals surface area contributed by atoms with Crippen LogP contribution < -0.4 is 16.4 Å². The van der Waals surface area contributed by atoms with Crippen LogP contribution in [0.4, 0.5) is 11.4 Å². The third kappa shape index (κ3) is 4.24. The number of amides is 1. The lowest BCUT2D eigenvalue weighted by atomic mass is 10.2. The molecule has 0 saturated heterocycles. The molecule has 0 aliphatic heterocycles. The molecule has 0 bridgehead atoms. The number of nitrogens with one attached hydrogen (secondary N) is 2. The number of anilines is 1. The van der Waals surface area contributed by atoms with Crippen molar-refractivity contribution in [2.75, 3.05) is 5.32 Å². The Labute approximate surface area is 168 Å². The highest BCUT2D eigenvalue weighted by molar-refractivity contribution is 5.96. The molecular formula is C19H16N4O7. The summed E-state index contributed by atoms with van der Waals surface area (Å²) in [5.41, 5.74) is -1.52. The van der Waals surface area contributed by atoms with Crippen LogP contribution in [-0.4, -0.2) is 32.7 Å². The molecule has 1 aromatic heterocycles. The van der Waals surface area contributed by atoms with Crippen LogP contribution in [0.1, 0.15) is 6.92 Å². The highest BCUT2D eigenvalue weighted by Crippen LogP contribution is 2.23. The van der Waals surface area contributed by atoms with Gasteiger partial charge in [0.15, 0.2) is 6.10 Å². The molecule has 11 heteroatoms. The minimum Gasteiger partial charge on any atom is -0.451 e. The molecule has 0 aliphatic carbocycles. The van der Waals surface area contributed by atoms with E-state index in [1.54, 1.807) is 12.1 Å². The number of aromatic amines is 1. The minimum absolute atomic E-state index is 0.0505. The van der Waals surface area contributed by atoms with Crippen LogP contribution in [0.3, 0.4) is 0 Å². The number of carbonyl (C=O) groups excluding carboxylic acids is 2. The number of nitro benzene ring substituents is 1. The van der Waals surface area contributed by atoms with E-state index in [1.807, 2.05) is 0 Å². The summed E-state index contributed by atoms with van der Waals surface area (Å²) in [5, 5.41) is 15.9. The lowest BCUT2D eigenvalue weighted by Crippen LogP contribution is -2.36. The van der Waals surface area contributed by atoms with E-state index in [0.717, 1.165) is 4.68 Å². The molecule has 3 rings (SSSR count). The number of para-hydroxylation sites is 2. The normalized spacial score (nSPS) is 11.6. The van der Waals surface area contributed by atoms with Crippen LogP contribution in [0.25, 0.3) is 10.8 Å². The van der Waals surface area contributed by atoms with Crippen molar-refractivity contribution in [3.8, 4) is 0 Å². The molecule has 0 fully saturated rings. The highest BCUT2D eigenvalue weighted by atomic mass is 16.6. The average molecular weight is 412 g/mol. The van der Waals surface area contributed by atoms with Crippen LogP contribution in [0.15, 0.2) is 58.1 Å². The molecule has 1 atom stereocenters. The lowest BCUT2D eigenvalue weighted by Gasteiger charge is -2.14. The number of fused-ring (bicyclic) bond motifs is 1. The monoisotopic (exact) mass is 412 g/mol. The second-order valence-corrected chi connectivity index (χ2v) is 6.27. The Morgan fingerprint density at radius 3 is 2.47 bits per heavy atom. The summed E-state index contributed by atoms with van der Waals surface area (Å²) in [6.07, 6.45) is -1.31. The van der Waals surface area contributed by atoms with Gasteiger partial charge >= 0.3 is 5.97 Å². The number of nitrogens with zero attached hydrogens (tertiary/aromatic N) is 2. The van der Waals surface area contributed by atoms with E-state index in [9.17, 15) is 29.3 Å². The number of aromatic nitrogens is 2. The van der Waals surface area contributed by atoms with Gasteiger partial charge in [-0.15, -0.1) is 0 Å². The third-order valence-electron chi connectivity index (χ3n) is 4.21. The number of hydrogen-bond acceptors (Lipinski definition) is 7. The van der Waals surface area contributed by atoms with Gasteiger partial charge in [-0.25, -0.2) is 4.68 Å². The van der Waals surface area contributed by atoms with Gasteiger partial charge in [-0.05, 0) is 25.1 Å². The maximum absolute atomic E-state index is 12.4. The van der Waals surface area contributed by atoms with E-state index in [2.05, 4.69) is 10.4 Å². The number of rotatable bonds is 6. The van der Waals surface area contributed by atoms with Crippen LogP contribution in [-0.2, 0) is 20.9 Å². The Hall–Kier alpha value is -4.28. The molecule has 0 aliphatic rings. The zero-order valence-corrected chi connectivity index (χ0v) is 15.7. The molecule has 0 spiro atoms. The number of ether oxygens (including phenoxy) is 1. The molecule has 0 radical (unpaired) electrons. The highest BCUT2D eigenvalue weighted by Gasteiger charge is 2.22. The number of hydrogen-bond donors (Lipinski definition) is 2. The Bertz CT molecular complexity index is 1260. The maximum Gasteiger partial charge on any atom is 0.328 e. The summed E-state index contributed by atoms with van der Waals surface area (Å²) in [7, 11) is 0. The summed E-state index contributed by atoms with van der Waals surface area (Å²) in [6.45, 7) is 0.649. The van der Waals surface area contributed by atoms with E-state index in [4.69, 9.17) is 4.74 Å². The van der Waals surface area contributed by atoms with Gasteiger partial charge in [-0.1, -0.05) is 24.3 Å². The maximum atomic E-state index is 12.4. The summed E-state index contributed by atoms with van der Waals surface area (Å²) in [5.74, 6) is -1.75. The third-order valence-corrected chi connectivity index (χ3v) is 4.21. The smallest absolute Gasteiger partial charge is 0.328 e. The molecule has 2 aromatic carbocycles. The first-order valence-corrected chi connectivity index (χ1v) is 8.73. The van der Waals surface area contributed by atoms with Gasteiger partial charge in [0.05, 0.1) is 15.7 Å². The van der Waals surface area contributed by atoms with Gasteiger partial charge in [0.25, 0.3) is 22.7 Å². The van der Waals surface area contributed by atoms with Gasteiger partial charge in [-0.3, -0.25) is 34.4 Å². The van der Waals surface area contributed by atoms with Gasteiger partial charge in [0.1, 0.15) is 12.2 Å². The predicted molar refractivity (Wildman–Crippen MR) is 106 cm³/mol. The number of carbonyl (C=O) groups is 2. The summed E-state index contributed by atoms with van der Waals surface area (Å²) in [4.78, 5) is 59.2. The second-order valence-electron chi connectivity index (χ2n) is 6.27. The fourth-order valence-electron chi connectivity index (χ4n) is 2.75. The summed E-state index contributed by atoms with van der Waals surface area (Å²) in [6, 6.07) is 11.6. The van der Waals surface area contributed by atoms with E-state index < -0.39 is 40.6 Å². The topological polar surface area (TPSA) is 153 Å². The Morgan fingerprint density at radius 1 is 1.13 bits per heavy atom. The molecule has 11 nitrogen and oxygen atoms in total. The van der Waals surface area contributed by atoms with Crippen LogP contribution >= 0.6 is 0 Å².